The van der Waals surface area contributed by atoms with Crippen LogP contribution >= 0.6 is 11.3 Å². The lowest BCUT2D eigenvalue weighted by molar-refractivity contribution is -0.107. The third-order valence-electron chi connectivity index (χ3n) is 2.60. The van der Waals surface area contributed by atoms with E-state index in [1.807, 2.05) is 5.38 Å². The maximum absolute atomic E-state index is 10.3. The molecule has 0 N–H and O–H groups in total. The lowest BCUT2D eigenvalue weighted by Crippen LogP contribution is -2.13. The minimum atomic E-state index is 0.457. The Bertz CT molecular complexity index is 324. The molecule has 2 heterocycles. The fraction of sp³-hybridized carbons (Fsp3) is 0.600. The zero-order valence-corrected chi connectivity index (χ0v) is 9.09. The first-order valence-electron chi connectivity index (χ1n) is 4.86. The Kier molecular flexibility index (Phi) is 2.93. The molecule has 76 valence electrons. The van der Waals surface area contributed by atoms with Crippen molar-refractivity contribution in [2.75, 3.05) is 20.1 Å². The van der Waals surface area contributed by atoms with Gasteiger partial charge >= 0.3 is 0 Å². The van der Waals surface area contributed by atoms with Gasteiger partial charge < -0.3 is 9.69 Å². The van der Waals surface area contributed by atoms with Crippen LogP contribution in [0.3, 0.4) is 0 Å². The number of aldehydes is 1. The number of nitrogens with zero attached hydrogens (tertiary/aromatic N) is 2. The van der Waals surface area contributed by atoms with Crippen LogP contribution in [0.15, 0.2) is 5.38 Å². The number of thiazole rings is 1. The van der Waals surface area contributed by atoms with Crippen molar-refractivity contribution in [2.24, 2.45) is 0 Å². The van der Waals surface area contributed by atoms with Gasteiger partial charge in [-0.1, -0.05) is 0 Å². The second-order valence-electron chi connectivity index (χ2n) is 3.80. The molecule has 1 aromatic heterocycles. The summed E-state index contributed by atoms with van der Waals surface area (Å²) in [5.41, 5.74) is 0.926. The molecule has 1 unspecified atom stereocenters. The molecule has 0 aromatic carbocycles. The quantitative estimate of drug-likeness (QED) is 0.705. The van der Waals surface area contributed by atoms with E-state index in [1.165, 1.54) is 11.4 Å². The topological polar surface area (TPSA) is 33.2 Å². The molecule has 0 amide bonds. The maximum atomic E-state index is 10.3. The van der Waals surface area contributed by atoms with Gasteiger partial charge in [-0.3, -0.25) is 0 Å². The second kappa shape index (κ2) is 4.19. The van der Waals surface area contributed by atoms with Gasteiger partial charge in [-0.15, -0.1) is 11.3 Å². The minimum absolute atomic E-state index is 0.457. The van der Waals surface area contributed by atoms with Gasteiger partial charge in [-0.2, -0.15) is 0 Å². The van der Waals surface area contributed by atoms with Crippen LogP contribution in [0.2, 0.25) is 0 Å². The summed E-state index contributed by atoms with van der Waals surface area (Å²) in [6.07, 6.45) is 2.57. The summed E-state index contributed by atoms with van der Waals surface area (Å²) in [7, 11) is 2.14. The van der Waals surface area contributed by atoms with Crippen molar-refractivity contribution in [1.29, 1.82) is 0 Å². The van der Waals surface area contributed by atoms with Gasteiger partial charge in [-0.05, 0) is 20.0 Å². The van der Waals surface area contributed by atoms with Crippen molar-refractivity contribution >= 4 is 17.6 Å². The summed E-state index contributed by atoms with van der Waals surface area (Å²) < 4.78 is 0. The molecule has 0 spiro atoms. The first kappa shape index (κ1) is 9.80. The highest BCUT2D eigenvalue weighted by Crippen LogP contribution is 2.28. The summed E-state index contributed by atoms with van der Waals surface area (Å²) >= 11 is 1.69. The zero-order valence-electron chi connectivity index (χ0n) is 8.27. The van der Waals surface area contributed by atoms with Crippen molar-refractivity contribution in [3.63, 3.8) is 0 Å². The van der Waals surface area contributed by atoms with Crippen LogP contribution in [0, 0.1) is 0 Å². The van der Waals surface area contributed by atoms with Crippen LogP contribution in [0.5, 0.6) is 0 Å². The van der Waals surface area contributed by atoms with Crippen LogP contribution in [0.1, 0.15) is 23.0 Å². The third kappa shape index (κ3) is 2.01. The van der Waals surface area contributed by atoms with E-state index in [-0.39, 0.29) is 0 Å². The van der Waals surface area contributed by atoms with Crippen LogP contribution in [-0.2, 0) is 11.2 Å². The number of carbonyl (C=O) groups excluding carboxylic acids is 1. The highest BCUT2D eigenvalue weighted by atomic mass is 32.1. The third-order valence-corrected chi connectivity index (χ3v) is 3.66. The molecular formula is C10H14N2OS. The average Bonchev–Trinajstić information content (AvgIpc) is 2.74. The second-order valence-corrected chi connectivity index (χ2v) is 4.69. The summed E-state index contributed by atoms with van der Waals surface area (Å²) in [6, 6.07) is 0. The molecule has 14 heavy (non-hydrogen) atoms. The molecule has 2 rings (SSSR count). The van der Waals surface area contributed by atoms with E-state index >= 15 is 0 Å². The summed E-state index contributed by atoms with van der Waals surface area (Å²) in [5, 5.41) is 3.20. The van der Waals surface area contributed by atoms with Crippen LogP contribution in [0.4, 0.5) is 0 Å². The van der Waals surface area contributed by atoms with Crippen LogP contribution in [0.25, 0.3) is 0 Å². The number of carbonyl (C=O) groups is 1. The smallest absolute Gasteiger partial charge is 0.125 e. The molecule has 1 aliphatic heterocycles. The van der Waals surface area contributed by atoms with Gasteiger partial charge in [0.2, 0.25) is 0 Å². The van der Waals surface area contributed by atoms with E-state index in [2.05, 4.69) is 16.9 Å². The van der Waals surface area contributed by atoms with Gasteiger partial charge in [-0.25, -0.2) is 4.98 Å². The van der Waals surface area contributed by atoms with Gasteiger partial charge in [0.25, 0.3) is 0 Å². The Morgan fingerprint density at radius 1 is 1.79 bits per heavy atom. The average molecular weight is 210 g/mol. The standard InChI is InChI=1S/C10H14N2OS/c1-12-4-2-8(6-12)10-11-9(3-5-13)7-14-10/h5,7-8H,2-4,6H2,1H3. The van der Waals surface area contributed by atoms with E-state index in [0.717, 1.165) is 25.1 Å². The highest BCUT2D eigenvalue weighted by Gasteiger charge is 2.23. The van der Waals surface area contributed by atoms with Gasteiger partial charge in [0.1, 0.15) is 6.29 Å². The zero-order chi connectivity index (χ0) is 9.97. The summed E-state index contributed by atoms with van der Waals surface area (Å²) in [5.74, 6) is 0.588. The molecule has 1 aromatic rings. The molecular weight excluding hydrogens is 196 g/mol. The SMILES string of the molecule is CN1CCC(c2nc(CC=O)cs2)C1. The first-order valence-corrected chi connectivity index (χ1v) is 5.74. The van der Waals surface area contributed by atoms with E-state index in [0.29, 0.717) is 12.3 Å². The van der Waals surface area contributed by atoms with Crippen molar-refractivity contribution in [3.8, 4) is 0 Å². The van der Waals surface area contributed by atoms with E-state index in [9.17, 15) is 4.79 Å². The molecule has 0 bridgehead atoms. The van der Waals surface area contributed by atoms with E-state index in [1.54, 1.807) is 11.3 Å². The number of hydrogen-bond acceptors (Lipinski definition) is 4. The summed E-state index contributed by atoms with van der Waals surface area (Å²) in [4.78, 5) is 17.1. The normalized spacial score (nSPS) is 22.8. The first-order chi connectivity index (χ1) is 6.79. The predicted molar refractivity (Wildman–Crippen MR) is 56.7 cm³/mol. The van der Waals surface area contributed by atoms with Gasteiger partial charge in [0, 0.05) is 24.3 Å². The van der Waals surface area contributed by atoms with Gasteiger partial charge in [0.05, 0.1) is 10.7 Å². The fourth-order valence-corrected chi connectivity index (χ4v) is 2.79. The number of likely N-dealkylation sites (tertiary alicyclic amines) is 1. The molecule has 0 saturated carbocycles. The highest BCUT2D eigenvalue weighted by molar-refractivity contribution is 7.09. The van der Waals surface area contributed by atoms with Crippen molar-refractivity contribution < 1.29 is 4.79 Å². The Morgan fingerprint density at radius 3 is 3.29 bits per heavy atom. The molecule has 1 aliphatic rings. The Morgan fingerprint density at radius 2 is 2.64 bits per heavy atom. The van der Waals surface area contributed by atoms with E-state index in [4.69, 9.17) is 0 Å². The number of likely N-dealkylation sites (N-methyl/N-ethyl adjacent to an activating group) is 1. The van der Waals surface area contributed by atoms with Crippen molar-refractivity contribution in [3.05, 3.63) is 16.1 Å². The minimum Gasteiger partial charge on any atom is -0.306 e. The Hall–Kier alpha value is -0.740. The molecule has 0 radical (unpaired) electrons. The molecule has 1 atom stereocenters. The molecule has 0 aliphatic carbocycles. The lowest BCUT2D eigenvalue weighted by atomic mass is 10.1. The maximum Gasteiger partial charge on any atom is 0.125 e. The molecule has 3 nitrogen and oxygen atoms in total. The number of hydrogen-bond donors (Lipinski definition) is 0. The molecule has 1 fully saturated rings. The Labute approximate surface area is 87.8 Å². The number of aromatic nitrogens is 1. The monoisotopic (exact) mass is 210 g/mol. The molecule has 1 saturated heterocycles. The fourth-order valence-electron chi connectivity index (χ4n) is 1.83. The lowest BCUT2D eigenvalue weighted by Gasteiger charge is -2.06. The Balaban J connectivity index is 2.05. The number of rotatable bonds is 3. The van der Waals surface area contributed by atoms with Crippen molar-refractivity contribution in [2.45, 2.75) is 18.8 Å². The van der Waals surface area contributed by atoms with Crippen molar-refractivity contribution in [1.82, 2.24) is 9.88 Å². The summed E-state index contributed by atoms with van der Waals surface area (Å²) in [6.45, 7) is 2.27. The largest absolute Gasteiger partial charge is 0.306 e. The van der Waals surface area contributed by atoms with Crippen LogP contribution < -0.4 is 0 Å². The van der Waals surface area contributed by atoms with Gasteiger partial charge in [0.15, 0.2) is 0 Å². The molecule has 4 heteroatoms. The van der Waals surface area contributed by atoms with E-state index < -0.39 is 0 Å². The predicted octanol–water partition coefficient (Wildman–Crippen LogP) is 1.30. The van der Waals surface area contributed by atoms with Crippen LogP contribution in [-0.4, -0.2) is 36.3 Å².